The molecular formula is C21H22N4O2S. The predicted octanol–water partition coefficient (Wildman–Crippen LogP) is 3.90. The van der Waals surface area contributed by atoms with Crippen LogP contribution in [0.2, 0.25) is 0 Å². The van der Waals surface area contributed by atoms with Crippen molar-refractivity contribution in [2.24, 2.45) is 0 Å². The molecule has 1 aromatic carbocycles. The molecule has 144 valence electrons. The Morgan fingerprint density at radius 1 is 1.14 bits per heavy atom. The van der Waals surface area contributed by atoms with Crippen LogP contribution in [-0.4, -0.2) is 45.0 Å². The van der Waals surface area contributed by atoms with Gasteiger partial charge in [0.1, 0.15) is 16.8 Å². The number of amides is 1. The third-order valence-corrected chi connectivity index (χ3v) is 5.53. The van der Waals surface area contributed by atoms with E-state index in [0.717, 1.165) is 34.8 Å². The van der Waals surface area contributed by atoms with E-state index in [0.29, 0.717) is 24.8 Å². The Hall–Kier alpha value is -2.80. The minimum Gasteiger partial charge on any atom is -0.458 e. The molecule has 1 aliphatic heterocycles. The second-order valence-corrected chi connectivity index (χ2v) is 7.83. The van der Waals surface area contributed by atoms with Gasteiger partial charge in [-0.3, -0.25) is 4.79 Å². The highest BCUT2D eigenvalue weighted by atomic mass is 32.1. The molecule has 6 nitrogen and oxygen atoms in total. The molecular weight excluding hydrogens is 372 g/mol. The van der Waals surface area contributed by atoms with Crippen molar-refractivity contribution in [3.8, 4) is 16.6 Å². The summed E-state index contributed by atoms with van der Waals surface area (Å²) in [5, 5.41) is 2.69. The van der Waals surface area contributed by atoms with Crippen molar-refractivity contribution in [1.82, 2.24) is 19.9 Å². The molecule has 0 N–H and O–H groups in total. The number of nitrogens with zero attached hydrogens (tertiary/aromatic N) is 4. The molecule has 2 aromatic heterocycles. The number of ether oxygens (including phenoxy) is 1. The van der Waals surface area contributed by atoms with Crippen molar-refractivity contribution in [3.63, 3.8) is 0 Å². The molecule has 3 aromatic rings. The average molecular weight is 395 g/mol. The number of aryl methyl sites for hydroxylation is 2. The lowest BCUT2D eigenvalue weighted by Crippen LogP contribution is -2.44. The topological polar surface area (TPSA) is 68.2 Å². The molecule has 28 heavy (non-hydrogen) atoms. The Morgan fingerprint density at radius 3 is 2.64 bits per heavy atom. The summed E-state index contributed by atoms with van der Waals surface area (Å²) in [6, 6.07) is 12.2. The maximum absolute atomic E-state index is 12.9. The molecule has 1 atom stereocenters. The minimum absolute atomic E-state index is 0.0481. The van der Waals surface area contributed by atoms with Gasteiger partial charge < -0.3 is 9.64 Å². The van der Waals surface area contributed by atoms with Crippen LogP contribution in [0.5, 0.6) is 6.01 Å². The third-order valence-electron chi connectivity index (χ3n) is 4.64. The van der Waals surface area contributed by atoms with Gasteiger partial charge in [0, 0.05) is 28.9 Å². The lowest BCUT2D eigenvalue weighted by molar-refractivity contribution is 0.0510. The van der Waals surface area contributed by atoms with E-state index in [2.05, 4.69) is 15.0 Å². The highest BCUT2D eigenvalue weighted by Crippen LogP contribution is 2.25. The Labute approximate surface area is 168 Å². The predicted molar refractivity (Wildman–Crippen MR) is 109 cm³/mol. The molecule has 0 spiro atoms. The number of hydrogen-bond acceptors (Lipinski definition) is 6. The standard InChI is InChI=1S/C21H22N4O2S/c1-14-11-15(2)23-21(22-14)27-17-9-6-10-25(12-17)20(26)18-13-28-19(24-18)16-7-4-3-5-8-16/h3-5,7-8,11,13,17H,6,9-10,12H2,1-2H3/t17-/m1/s1. The van der Waals surface area contributed by atoms with Gasteiger partial charge in [-0.2, -0.15) is 0 Å². The fourth-order valence-electron chi connectivity index (χ4n) is 3.36. The van der Waals surface area contributed by atoms with Gasteiger partial charge in [0.15, 0.2) is 0 Å². The number of rotatable bonds is 4. The van der Waals surface area contributed by atoms with E-state index >= 15 is 0 Å². The Balaban J connectivity index is 1.44. The lowest BCUT2D eigenvalue weighted by atomic mass is 10.1. The number of aromatic nitrogens is 3. The first-order chi connectivity index (χ1) is 13.6. The summed E-state index contributed by atoms with van der Waals surface area (Å²) < 4.78 is 5.97. The van der Waals surface area contributed by atoms with Crippen molar-refractivity contribution in [2.75, 3.05) is 13.1 Å². The zero-order chi connectivity index (χ0) is 19.5. The van der Waals surface area contributed by atoms with Crippen LogP contribution in [0.3, 0.4) is 0 Å². The third kappa shape index (κ3) is 4.20. The van der Waals surface area contributed by atoms with Gasteiger partial charge in [-0.05, 0) is 32.8 Å². The van der Waals surface area contributed by atoms with Crippen LogP contribution in [0.1, 0.15) is 34.7 Å². The van der Waals surface area contributed by atoms with Gasteiger partial charge in [0.05, 0.1) is 6.54 Å². The smallest absolute Gasteiger partial charge is 0.317 e. The molecule has 1 aliphatic rings. The zero-order valence-corrected chi connectivity index (χ0v) is 16.8. The van der Waals surface area contributed by atoms with Crippen molar-refractivity contribution >= 4 is 17.2 Å². The number of hydrogen-bond donors (Lipinski definition) is 0. The molecule has 0 aliphatic carbocycles. The highest BCUT2D eigenvalue weighted by Gasteiger charge is 2.27. The van der Waals surface area contributed by atoms with Crippen LogP contribution in [0.15, 0.2) is 41.8 Å². The largest absolute Gasteiger partial charge is 0.458 e. The van der Waals surface area contributed by atoms with Crippen molar-refractivity contribution in [2.45, 2.75) is 32.8 Å². The number of likely N-dealkylation sites (tertiary alicyclic amines) is 1. The molecule has 1 fully saturated rings. The molecule has 0 radical (unpaired) electrons. The van der Waals surface area contributed by atoms with E-state index < -0.39 is 0 Å². The van der Waals surface area contributed by atoms with Gasteiger partial charge in [0.25, 0.3) is 5.91 Å². The number of benzene rings is 1. The summed E-state index contributed by atoms with van der Waals surface area (Å²) in [6.07, 6.45) is 1.66. The Kier molecular flexibility index (Phi) is 5.34. The van der Waals surface area contributed by atoms with Crippen LogP contribution < -0.4 is 4.74 Å². The maximum Gasteiger partial charge on any atom is 0.317 e. The molecule has 7 heteroatoms. The summed E-state index contributed by atoms with van der Waals surface area (Å²) in [4.78, 5) is 28.0. The minimum atomic E-state index is -0.105. The van der Waals surface area contributed by atoms with Gasteiger partial charge in [-0.1, -0.05) is 30.3 Å². The fraction of sp³-hybridized carbons (Fsp3) is 0.333. The van der Waals surface area contributed by atoms with Crippen LogP contribution in [0.4, 0.5) is 0 Å². The summed E-state index contributed by atoms with van der Waals surface area (Å²) in [5.74, 6) is -0.0481. The lowest BCUT2D eigenvalue weighted by Gasteiger charge is -2.32. The second kappa shape index (κ2) is 8.06. The van der Waals surface area contributed by atoms with E-state index in [1.54, 1.807) is 0 Å². The Bertz CT molecular complexity index is 953. The first-order valence-corrected chi connectivity index (χ1v) is 10.3. The molecule has 0 unspecified atom stereocenters. The molecule has 4 rings (SSSR count). The van der Waals surface area contributed by atoms with Crippen molar-refractivity contribution in [1.29, 1.82) is 0 Å². The van der Waals surface area contributed by atoms with E-state index in [4.69, 9.17) is 4.74 Å². The molecule has 1 saturated heterocycles. The van der Waals surface area contributed by atoms with E-state index in [1.165, 1.54) is 11.3 Å². The van der Waals surface area contributed by atoms with E-state index in [9.17, 15) is 4.79 Å². The quantitative estimate of drug-likeness (QED) is 0.671. The Morgan fingerprint density at radius 2 is 1.89 bits per heavy atom. The zero-order valence-electron chi connectivity index (χ0n) is 16.0. The summed E-state index contributed by atoms with van der Waals surface area (Å²) >= 11 is 1.49. The van der Waals surface area contributed by atoms with Gasteiger partial charge in [-0.25, -0.2) is 15.0 Å². The summed E-state index contributed by atoms with van der Waals surface area (Å²) in [7, 11) is 0. The maximum atomic E-state index is 12.9. The van der Waals surface area contributed by atoms with Crippen molar-refractivity contribution in [3.05, 3.63) is 58.9 Å². The number of carbonyl (C=O) groups excluding carboxylic acids is 1. The molecule has 1 amide bonds. The van der Waals surface area contributed by atoms with Gasteiger partial charge >= 0.3 is 6.01 Å². The number of carbonyl (C=O) groups is 1. The van der Waals surface area contributed by atoms with E-state index in [-0.39, 0.29) is 12.0 Å². The average Bonchev–Trinajstić information content (AvgIpc) is 3.18. The van der Waals surface area contributed by atoms with Gasteiger partial charge in [-0.15, -0.1) is 11.3 Å². The molecule has 0 saturated carbocycles. The normalized spacial score (nSPS) is 16.8. The summed E-state index contributed by atoms with van der Waals surface area (Å²) in [6.45, 7) is 5.08. The molecule has 0 bridgehead atoms. The highest BCUT2D eigenvalue weighted by molar-refractivity contribution is 7.13. The monoisotopic (exact) mass is 394 g/mol. The first-order valence-electron chi connectivity index (χ1n) is 9.37. The number of piperidine rings is 1. The van der Waals surface area contributed by atoms with E-state index in [1.807, 2.05) is 60.5 Å². The van der Waals surface area contributed by atoms with Crippen LogP contribution in [-0.2, 0) is 0 Å². The SMILES string of the molecule is Cc1cc(C)nc(O[C@@H]2CCCN(C(=O)c3csc(-c4ccccc4)n3)C2)n1. The van der Waals surface area contributed by atoms with Gasteiger partial charge in [0.2, 0.25) is 0 Å². The van der Waals surface area contributed by atoms with Crippen LogP contribution in [0.25, 0.3) is 10.6 Å². The summed E-state index contributed by atoms with van der Waals surface area (Å²) in [5.41, 5.74) is 3.27. The van der Waals surface area contributed by atoms with Crippen LogP contribution in [0, 0.1) is 13.8 Å². The van der Waals surface area contributed by atoms with Crippen molar-refractivity contribution < 1.29 is 9.53 Å². The second-order valence-electron chi connectivity index (χ2n) is 6.97. The fourth-order valence-corrected chi connectivity index (χ4v) is 4.16. The molecule has 3 heterocycles. The number of thiazole rings is 1. The first kappa shape index (κ1) is 18.6. The van der Waals surface area contributed by atoms with Crippen LogP contribution >= 0.6 is 11.3 Å².